The highest BCUT2D eigenvalue weighted by molar-refractivity contribution is 7.92. The standard InChI is InChI=1S/C21H21N3O4S/c25-29(26,23-16-10-11-18-19(12-16)28-14-27-18)20-13-24(17-8-4-5-9-17)22-21(20)15-6-2-1-3-7-15/h1-3,6-7,10-13,17,23H,4-5,8-9,14H2. The molecule has 2 aromatic carbocycles. The summed E-state index contributed by atoms with van der Waals surface area (Å²) in [7, 11) is -3.85. The minimum absolute atomic E-state index is 0.137. The molecule has 1 aliphatic heterocycles. The molecule has 1 fully saturated rings. The van der Waals surface area contributed by atoms with E-state index in [1.807, 2.05) is 35.0 Å². The van der Waals surface area contributed by atoms with Crippen LogP contribution in [0.2, 0.25) is 0 Å². The van der Waals surface area contributed by atoms with Gasteiger partial charge in [0, 0.05) is 17.8 Å². The number of anilines is 1. The quantitative estimate of drug-likeness (QED) is 0.681. The zero-order valence-corrected chi connectivity index (χ0v) is 16.6. The Hall–Kier alpha value is -3.00. The molecule has 0 bridgehead atoms. The Bertz CT molecular complexity index is 1140. The van der Waals surface area contributed by atoms with E-state index in [0.29, 0.717) is 22.9 Å². The van der Waals surface area contributed by atoms with Crippen molar-refractivity contribution < 1.29 is 17.9 Å². The molecular weight excluding hydrogens is 390 g/mol. The molecule has 0 saturated heterocycles. The minimum atomic E-state index is -3.85. The van der Waals surface area contributed by atoms with E-state index >= 15 is 0 Å². The fourth-order valence-corrected chi connectivity index (χ4v) is 5.10. The third kappa shape index (κ3) is 3.44. The minimum Gasteiger partial charge on any atom is -0.454 e. The lowest BCUT2D eigenvalue weighted by Crippen LogP contribution is -2.13. The van der Waals surface area contributed by atoms with Gasteiger partial charge in [-0.15, -0.1) is 0 Å². The fraction of sp³-hybridized carbons (Fsp3) is 0.286. The average Bonchev–Trinajstić information content (AvgIpc) is 3.47. The monoisotopic (exact) mass is 411 g/mol. The molecule has 2 heterocycles. The summed E-state index contributed by atoms with van der Waals surface area (Å²) < 4.78 is 41.7. The number of nitrogens with zero attached hydrogens (tertiary/aromatic N) is 2. The van der Waals surface area contributed by atoms with Crippen LogP contribution < -0.4 is 14.2 Å². The number of ether oxygens (including phenoxy) is 2. The summed E-state index contributed by atoms with van der Waals surface area (Å²) in [6.45, 7) is 0.137. The highest BCUT2D eigenvalue weighted by Gasteiger charge is 2.27. The maximum atomic E-state index is 13.3. The van der Waals surface area contributed by atoms with Gasteiger partial charge in [-0.2, -0.15) is 5.10 Å². The van der Waals surface area contributed by atoms with E-state index in [-0.39, 0.29) is 17.7 Å². The summed E-state index contributed by atoms with van der Waals surface area (Å²) in [4.78, 5) is 0.174. The molecule has 150 valence electrons. The summed E-state index contributed by atoms with van der Waals surface area (Å²) in [6, 6.07) is 14.6. The van der Waals surface area contributed by atoms with E-state index in [4.69, 9.17) is 9.47 Å². The van der Waals surface area contributed by atoms with Crippen molar-refractivity contribution in [2.45, 2.75) is 36.6 Å². The number of sulfonamides is 1. The molecule has 0 radical (unpaired) electrons. The summed E-state index contributed by atoms with van der Waals surface area (Å²) in [5, 5.41) is 4.68. The van der Waals surface area contributed by atoms with Crippen LogP contribution in [0.1, 0.15) is 31.7 Å². The number of hydrogen-bond donors (Lipinski definition) is 1. The van der Waals surface area contributed by atoms with Gasteiger partial charge in [0.25, 0.3) is 10.0 Å². The zero-order chi connectivity index (χ0) is 19.8. The van der Waals surface area contributed by atoms with Gasteiger partial charge >= 0.3 is 0 Å². The van der Waals surface area contributed by atoms with Crippen LogP contribution in [0.4, 0.5) is 5.69 Å². The molecule has 29 heavy (non-hydrogen) atoms. The highest BCUT2D eigenvalue weighted by atomic mass is 32.2. The van der Waals surface area contributed by atoms with Crippen LogP contribution in [-0.2, 0) is 10.0 Å². The van der Waals surface area contributed by atoms with E-state index in [1.54, 1.807) is 24.4 Å². The van der Waals surface area contributed by atoms with Crippen molar-refractivity contribution >= 4 is 15.7 Å². The van der Waals surface area contributed by atoms with Crippen LogP contribution in [0.3, 0.4) is 0 Å². The van der Waals surface area contributed by atoms with Gasteiger partial charge in [-0.1, -0.05) is 43.2 Å². The lowest BCUT2D eigenvalue weighted by molar-refractivity contribution is 0.174. The topological polar surface area (TPSA) is 82.5 Å². The van der Waals surface area contributed by atoms with E-state index in [9.17, 15) is 8.42 Å². The molecule has 0 unspecified atom stereocenters. The number of nitrogens with one attached hydrogen (secondary N) is 1. The first-order chi connectivity index (χ1) is 14.1. The van der Waals surface area contributed by atoms with Crippen molar-refractivity contribution in [1.29, 1.82) is 0 Å². The second-order valence-electron chi connectivity index (χ2n) is 7.30. The van der Waals surface area contributed by atoms with Gasteiger partial charge in [0.2, 0.25) is 6.79 Å². The summed E-state index contributed by atoms with van der Waals surface area (Å²) in [5.41, 5.74) is 1.66. The first-order valence-corrected chi connectivity index (χ1v) is 11.2. The number of aromatic nitrogens is 2. The van der Waals surface area contributed by atoms with Crippen LogP contribution in [0, 0.1) is 0 Å². The molecule has 8 heteroatoms. The van der Waals surface area contributed by atoms with Crippen LogP contribution in [0.15, 0.2) is 59.6 Å². The summed E-state index contributed by atoms with van der Waals surface area (Å²) in [5.74, 6) is 1.13. The van der Waals surface area contributed by atoms with E-state index < -0.39 is 10.0 Å². The second kappa shape index (κ2) is 7.11. The Morgan fingerprint density at radius 1 is 1.00 bits per heavy atom. The van der Waals surface area contributed by atoms with Crippen molar-refractivity contribution in [1.82, 2.24) is 9.78 Å². The first-order valence-electron chi connectivity index (χ1n) is 9.67. The Labute approximate surface area is 169 Å². The number of benzene rings is 2. The van der Waals surface area contributed by atoms with Crippen molar-refractivity contribution in [3.05, 3.63) is 54.7 Å². The van der Waals surface area contributed by atoms with Crippen molar-refractivity contribution in [3.63, 3.8) is 0 Å². The molecule has 1 saturated carbocycles. The molecule has 0 spiro atoms. The lowest BCUT2D eigenvalue weighted by atomic mass is 10.2. The predicted octanol–water partition coefficient (Wildman–Crippen LogP) is 4.19. The number of hydrogen-bond acceptors (Lipinski definition) is 5. The highest BCUT2D eigenvalue weighted by Crippen LogP contribution is 2.36. The van der Waals surface area contributed by atoms with Crippen molar-refractivity contribution in [3.8, 4) is 22.8 Å². The van der Waals surface area contributed by atoms with E-state index in [2.05, 4.69) is 9.82 Å². The number of fused-ring (bicyclic) bond motifs is 1. The van der Waals surface area contributed by atoms with Gasteiger partial charge in [0.15, 0.2) is 11.5 Å². The molecular formula is C21H21N3O4S. The molecule has 5 rings (SSSR count). The molecule has 1 N–H and O–H groups in total. The van der Waals surface area contributed by atoms with Crippen molar-refractivity contribution in [2.24, 2.45) is 0 Å². The maximum Gasteiger partial charge on any atom is 0.265 e. The van der Waals surface area contributed by atoms with Gasteiger partial charge in [0.05, 0.1) is 11.7 Å². The molecule has 0 atom stereocenters. The molecule has 3 aromatic rings. The zero-order valence-electron chi connectivity index (χ0n) is 15.7. The Balaban J connectivity index is 1.54. The lowest BCUT2D eigenvalue weighted by Gasteiger charge is -2.09. The summed E-state index contributed by atoms with van der Waals surface area (Å²) >= 11 is 0. The van der Waals surface area contributed by atoms with Crippen LogP contribution in [0.5, 0.6) is 11.5 Å². The third-order valence-electron chi connectivity index (χ3n) is 5.36. The second-order valence-corrected chi connectivity index (χ2v) is 8.95. The van der Waals surface area contributed by atoms with E-state index in [0.717, 1.165) is 31.2 Å². The molecule has 7 nitrogen and oxygen atoms in total. The van der Waals surface area contributed by atoms with Gasteiger partial charge in [0.1, 0.15) is 10.6 Å². The van der Waals surface area contributed by atoms with Gasteiger partial charge in [-0.05, 0) is 25.0 Å². The predicted molar refractivity (Wildman–Crippen MR) is 109 cm³/mol. The van der Waals surface area contributed by atoms with Crippen LogP contribution in [0.25, 0.3) is 11.3 Å². The van der Waals surface area contributed by atoms with Gasteiger partial charge in [-0.25, -0.2) is 8.42 Å². The maximum absolute atomic E-state index is 13.3. The molecule has 0 amide bonds. The van der Waals surface area contributed by atoms with Crippen LogP contribution in [-0.4, -0.2) is 25.0 Å². The Morgan fingerprint density at radius 3 is 2.55 bits per heavy atom. The average molecular weight is 411 g/mol. The molecule has 2 aliphatic rings. The van der Waals surface area contributed by atoms with Gasteiger partial charge < -0.3 is 9.47 Å². The Morgan fingerprint density at radius 2 is 1.76 bits per heavy atom. The largest absolute Gasteiger partial charge is 0.454 e. The van der Waals surface area contributed by atoms with E-state index in [1.165, 1.54) is 0 Å². The smallest absolute Gasteiger partial charge is 0.265 e. The normalized spacial score (nSPS) is 16.3. The molecule has 1 aliphatic carbocycles. The molecule has 1 aromatic heterocycles. The van der Waals surface area contributed by atoms with Gasteiger partial charge in [-0.3, -0.25) is 9.40 Å². The summed E-state index contributed by atoms with van der Waals surface area (Å²) in [6.07, 6.45) is 5.98. The number of rotatable bonds is 5. The van der Waals surface area contributed by atoms with Crippen molar-refractivity contribution in [2.75, 3.05) is 11.5 Å². The SMILES string of the molecule is O=S(=O)(Nc1ccc2c(c1)OCO2)c1cn(C2CCCC2)nc1-c1ccccc1. The van der Waals surface area contributed by atoms with Crippen LogP contribution >= 0.6 is 0 Å². The first kappa shape index (κ1) is 18.1. The third-order valence-corrected chi connectivity index (χ3v) is 6.74. The Kier molecular flexibility index (Phi) is 4.43. The fourth-order valence-electron chi connectivity index (χ4n) is 3.89.